The van der Waals surface area contributed by atoms with Gasteiger partial charge in [0.25, 0.3) is 11.8 Å². The number of amides is 4. The number of rotatable bonds is 6. The Balaban J connectivity index is 1.38. The third kappa shape index (κ3) is 4.01. The summed E-state index contributed by atoms with van der Waals surface area (Å²) in [7, 11) is 0. The molecule has 4 amide bonds. The fraction of sp³-hybridized carbons (Fsp3) is 0.500. The fourth-order valence-electron chi connectivity index (χ4n) is 4.09. The van der Waals surface area contributed by atoms with Crippen molar-refractivity contribution in [3.8, 4) is 0 Å². The van der Waals surface area contributed by atoms with Crippen LogP contribution in [0.15, 0.2) is 18.2 Å². The SMILES string of the molecule is O=C1CCC(N2C(=O)c3ccc(NCCNC4CCNCC4)cc3C2=O)C(=O)N1. The Morgan fingerprint density at radius 1 is 0.966 bits per heavy atom. The first kappa shape index (κ1) is 19.5. The zero-order chi connectivity index (χ0) is 20.4. The fourth-order valence-corrected chi connectivity index (χ4v) is 4.09. The molecule has 2 saturated heterocycles. The number of fused-ring (bicyclic) bond motifs is 1. The minimum absolute atomic E-state index is 0.112. The highest BCUT2D eigenvalue weighted by Gasteiger charge is 2.44. The summed E-state index contributed by atoms with van der Waals surface area (Å²) in [5, 5.41) is 12.3. The van der Waals surface area contributed by atoms with Gasteiger partial charge in [0.1, 0.15) is 6.04 Å². The van der Waals surface area contributed by atoms with Crippen molar-refractivity contribution in [2.75, 3.05) is 31.5 Å². The molecule has 3 heterocycles. The molecule has 9 heteroatoms. The van der Waals surface area contributed by atoms with Crippen LogP contribution < -0.4 is 21.3 Å². The summed E-state index contributed by atoms with van der Waals surface area (Å²) in [6, 6.07) is 4.63. The second kappa shape index (κ2) is 8.30. The van der Waals surface area contributed by atoms with E-state index in [2.05, 4.69) is 21.3 Å². The Bertz CT molecular complexity index is 849. The molecule has 1 aromatic rings. The predicted octanol–water partition coefficient (Wildman–Crippen LogP) is -0.159. The molecule has 0 aromatic heterocycles. The van der Waals surface area contributed by atoms with Crippen molar-refractivity contribution >= 4 is 29.3 Å². The number of carbonyl (C=O) groups excluding carboxylic acids is 4. The van der Waals surface area contributed by atoms with Crippen molar-refractivity contribution in [2.45, 2.75) is 37.8 Å². The highest BCUT2D eigenvalue weighted by atomic mass is 16.2. The van der Waals surface area contributed by atoms with Crippen molar-refractivity contribution in [2.24, 2.45) is 0 Å². The number of piperidine rings is 2. The van der Waals surface area contributed by atoms with Crippen LogP contribution in [0.5, 0.6) is 0 Å². The van der Waals surface area contributed by atoms with Gasteiger partial charge in [-0.3, -0.25) is 29.4 Å². The van der Waals surface area contributed by atoms with Gasteiger partial charge in [-0.2, -0.15) is 0 Å². The topological polar surface area (TPSA) is 120 Å². The van der Waals surface area contributed by atoms with Crippen LogP contribution >= 0.6 is 0 Å². The number of hydrogen-bond donors (Lipinski definition) is 4. The Labute approximate surface area is 168 Å². The van der Waals surface area contributed by atoms with Gasteiger partial charge >= 0.3 is 0 Å². The number of hydrogen-bond acceptors (Lipinski definition) is 7. The summed E-state index contributed by atoms with van der Waals surface area (Å²) < 4.78 is 0. The maximum absolute atomic E-state index is 12.8. The van der Waals surface area contributed by atoms with E-state index >= 15 is 0 Å². The molecule has 0 radical (unpaired) electrons. The molecule has 0 spiro atoms. The number of nitrogens with zero attached hydrogens (tertiary/aromatic N) is 1. The minimum atomic E-state index is -0.939. The Morgan fingerprint density at radius 3 is 2.48 bits per heavy atom. The summed E-state index contributed by atoms with van der Waals surface area (Å²) in [5.41, 5.74) is 1.33. The van der Waals surface area contributed by atoms with Gasteiger partial charge in [-0.1, -0.05) is 0 Å². The molecule has 9 nitrogen and oxygen atoms in total. The van der Waals surface area contributed by atoms with Crippen molar-refractivity contribution < 1.29 is 19.2 Å². The highest BCUT2D eigenvalue weighted by Crippen LogP contribution is 2.29. The first-order chi connectivity index (χ1) is 14.0. The van der Waals surface area contributed by atoms with E-state index in [0.29, 0.717) is 12.6 Å². The van der Waals surface area contributed by atoms with Gasteiger partial charge < -0.3 is 16.0 Å². The van der Waals surface area contributed by atoms with Crippen LogP contribution in [0.1, 0.15) is 46.4 Å². The molecule has 2 fully saturated rings. The van der Waals surface area contributed by atoms with Crippen molar-refractivity contribution in [1.29, 1.82) is 0 Å². The summed E-state index contributed by atoms with van der Waals surface area (Å²) >= 11 is 0. The first-order valence-corrected chi connectivity index (χ1v) is 10.1. The van der Waals surface area contributed by atoms with Crippen LogP contribution in [0.4, 0.5) is 5.69 Å². The van der Waals surface area contributed by atoms with E-state index in [1.807, 2.05) is 0 Å². The Hall–Kier alpha value is -2.78. The van der Waals surface area contributed by atoms with Crippen molar-refractivity contribution in [1.82, 2.24) is 20.9 Å². The summed E-state index contributed by atoms with van der Waals surface area (Å²) in [4.78, 5) is 49.9. The number of nitrogens with one attached hydrogen (secondary N) is 4. The quantitative estimate of drug-likeness (QED) is 0.388. The van der Waals surface area contributed by atoms with Gasteiger partial charge in [-0.25, -0.2) is 0 Å². The lowest BCUT2D eigenvalue weighted by Crippen LogP contribution is -2.54. The van der Waals surface area contributed by atoms with Gasteiger partial charge in [-0.15, -0.1) is 0 Å². The molecule has 1 unspecified atom stereocenters. The van der Waals surface area contributed by atoms with Gasteiger partial charge in [0.2, 0.25) is 11.8 Å². The number of anilines is 1. The lowest BCUT2D eigenvalue weighted by molar-refractivity contribution is -0.136. The average molecular weight is 399 g/mol. The normalized spacial score (nSPS) is 22.6. The average Bonchev–Trinajstić information content (AvgIpc) is 2.96. The third-order valence-electron chi connectivity index (χ3n) is 5.67. The number of imide groups is 2. The molecule has 3 aliphatic rings. The van der Waals surface area contributed by atoms with Crippen molar-refractivity contribution in [3.63, 3.8) is 0 Å². The molecule has 0 aliphatic carbocycles. The third-order valence-corrected chi connectivity index (χ3v) is 5.67. The van der Waals surface area contributed by atoms with Crippen LogP contribution in [-0.2, 0) is 9.59 Å². The van der Waals surface area contributed by atoms with Crippen LogP contribution in [-0.4, -0.2) is 66.8 Å². The maximum Gasteiger partial charge on any atom is 0.262 e. The molecule has 0 bridgehead atoms. The van der Waals surface area contributed by atoms with E-state index < -0.39 is 23.8 Å². The van der Waals surface area contributed by atoms with E-state index in [1.54, 1.807) is 18.2 Å². The molecular weight excluding hydrogens is 374 g/mol. The molecule has 4 N–H and O–H groups in total. The second-order valence-corrected chi connectivity index (χ2v) is 7.61. The van der Waals surface area contributed by atoms with Gasteiger partial charge in [0, 0.05) is 31.2 Å². The first-order valence-electron chi connectivity index (χ1n) is 10.1. The zero-order valence-electron chi connectivity index (χ0n) is 16.1. The molecular formula is C20H25N5O4. The highest BCUT2D eigenvalue weighted by molar-refractivity contribution is 6.23. The molecule has 3 aliphatic heterocycles. The smallest absolute Gasteiger partial charge is 0.262 e. The van der Waals surface area contributed by atoms with E-state index in [0.717, 1.165) is 43.1 Å². The van der Waals surface area contributed by atoms with Crippen LogP contribution in [0, 0.1) is 0 Å². The van der Waals surface area contributed by atoms with Gasteiger partial charge in [0.15, 0.2) is 0 Å². The van der Waals surface area contributed by atoms with Crippen molar-refractivity contribution in [3.05, 3.63) is 29.3 Å². The summed E-state index contributed by atoms with van der Waals surface area (Å²) in [5.74, 6) is -1.96. The van der Waals surface area contributed by atoms with Crippen LogP contribution in [0.25, 0.3) is 0 Å². The second-order valence-electron chi connectivity index (χ2n) is 7.61. The monoisotopic (exact) mass is 399 g/mol. The summed E-state index contributed by atoms with van der Waals surface area (Å²) in [6.45, 7) is 3.57. The van der Waals surface area contributed by atoms with E-state index in [-0.39, 0.29) is 29.9 Å². The summed E-state index contributed by atoms with van der Waals surface area (Å²) in [6.07, 6.45) is 2.50. The van der Waals surface area contributed by atoms with E-state index in [1.165, 1.54) is 0 Å². The molecule has 1 atom stereocenters. The maximum atomic E-state index is 12.8. The van der Waals surface area contributed by atoms with Crippen LogP contribution in [0.3, 0.4) is 0 Å². The Kier molecular flexibility index (Phi) is 5.59. The zero-order valence-corrected chi connectivity index (χ0v) is 16.1. The lowest BCUT2D eigenvalue weighted by atomic mass is 10.0. The number of carbonyl (C=O) groups is 4. The van der Waals surface area contributed by atoms with E-state index in [4.69, 9.17) is 0 Å². The van der Waals surface area contributed by atoms with Crippen LogP contribution in [0.2, 0.25) is 0 Å². The Morgan fingerprint density at radius 2 is 1.72 bits per heavy atom. The van der Waals surface area contributed by atoms with Gasteiger partial charge in [-0.05, 0) is 50.6 Å². The van der Waals surface area contributed by atoms with Gasteiger partial charge in [0.05, 0.1) is 11.1 Å². The molecule has 4 rings (SSSR count). The molecule has 154 valence electrons. The molecule has 0 saturated carbocycles. The molecule has 29 heavy (non-hydrogen) atoms. The lowest BCUT2D eigenvalue weighted by Gasteiger charge is -2.27. The molecule has 1 aromatic carbocycles. The predicted molar refractivity (Wildman–Crippen MR) is 105 cm³/mol. The number of benzene rings is 1. The minimum Gasteiger partial charge on any atom is -0.384 e. The largest absolute Gasteiger partial charge is 0.384 e. The van der Waals surface area contributed by atoms with E-state index in [9.17, 15) is 19.2 Å². The standard InChI is InChI=1S/C20H25N5O4/c26-17-4-3-16(18(27)24-17)25-19(28)14-2-1-13(11-15(14)20(25)29)23-10-9-22-12-5-7-21-8-6-12/h1-2,11-12,16,21-23H,3-10H2,(H,24,26,27).